The van der Waals surface area contributed by atoms with E-state index >= 15 is 0 Å². The standard InChI is InChI=1S/C10H17NO8S/c1-6(10(15)19-3)20(16,17)11-7(9(13)14)4-5-8(12)18-2/h6-7,11H,4-5H2,1-3H3,(H,13,14). The van der Waals surface area contributed by atoms with Crippen molar-refractivity contribution in [3.05, 3.63) is 0 Å². The lowest BCUT2D eigenvalue weighted by Crippen LogP contribution is -2.46. The summed E-state index contributed by atoms with van der Waals surface area (Å²) in [4.78, 5) is 33.0. The monoisotopic (exact) mass is 311 g/mol. The number of aliphatic carboxylic acids is 1. The van der Waals surface area contributed by atoms with Crippen LogP contribution in [-0.2, 0) is 33.9 Å². The predicted octanol–water partition coefficient (Wildman–Crippen LogP) is -1.13. The molecular formula is C10H17NO8S. The van der Waals surface area contributed by atoms with Gasteiger partial charge in [-0.1, -0.05) is 0 Å². The van der Waals surface area contributed by atoms with Crippen LogP contribution in [0.3, 0.4) is 0 Å². The Morgan fingerprint density at radius 1 is 1.20 bits per heavy atom. The van der Waals surface area contributed by atoms with Gasteiger partial charge < -0.3 is 14.6 Å². The Bertz CT molecular complexity index is 472. The minimum absolute atomic E-state index is 0.275. The maximum atomic E-state index is 11.8. The normalized spacial score (nSPS) is 14.2. The zero-order valence-electron chi connectivity index (χ0n) is 11.3. The van der Waals surface area contributed by atoms with Crippen molar-refractivity contribution in [2.45, 2.75) is 31.1 Å². The van der Waals surface area contributed by atoms with Crippen molar-refractivity contribution >= 4 is 27.9 Å². The Labute approximate surface area is 116 Å². The van der Waals surface area contributed by atoms with Gasteiger partial charge in [0, 0.05) is 6.42 Å². The number of hydrogen-bond acceptors (Lipinski definition) is 7. The highest BCUT2D eigenvalue weighted by atomic mass is 32.2. The number of methoxy groups -OCH3 is 2. The van der Waals surface area contributed by atoms with Crippen LogP contribution in [0.15, 0.2) is 0 Å². The Morgan fingerprint density at radius 2 is 1.75 bits per heavy atom. The molecule has 9 nitrogen and oxygen atoms in total. The van der Waals surface area contributed by atoms with Gasteiger partial charge in [0.15, 0.2) is 5.25 Å². The van der Waals surface area contributed by atoms with Crippen LogP contribution in [0.5, 0.6) is 0 Å². The van der Waals surface area contributed by atoms with Gasteiger partial charge in [0.25, 0.3) is 0 Å². The van der Waals surface area contributed by atoms with Crippen LogP contribution in [0, 0.1) is 0 Å². The molecule has 0 aliphatic rings. The number of sulfonamides is 1. The van der Waals surface area contributed by atoms with E-state index in [0.29, 0.717) is 0 Å². The van der Waals surface area contributed by atoms with E-state index in [4.69, 9.17) is 5.11 Å². The van der Waals surface area contributed by atoms with Gasteiger partial charge in [-0.25, -0.2) is 13.1 Å². The molecule has 0 rings (SSSR count). The molecule has 0 saturated heterocycles. The predicted molar refractivity (Wildman–Crippen MR) is 66.2 cm³/mol. The van der Waals surface area contributed by atoms with Crippen molar-refractivity contribution < 1.29 is 37.4 Å². The lowest BCUT2D eigenvalue weighted by atomic mass is 10.2. The van der Waals surface area contributed by atoms with E-state index in [9.17, 15) is 22.8 Å². The molecule has 0 aliphatic heterocycles. The minimum atomic E-state index is -4.23. The van der Waals surface area contributed by atoms with Crippen LogP contribution in [0.1, 0.15) is 19.8 Å². The minimum Gasteiger partial charge on any atom is -0.480 e. The van der Waals surface area contributed by atoms with E-state index in [1.807, 2.05) is 4.72 Å². The van der Waals surface area contributed by atoms with Gasteiger partial charge in [0.1, 0.15) is 6.04 Å². The van der Waals surface area contributed by atoms with Crippen molar-refractivity contribution in [1.82, 2.24) is 4.72 Å². The highest BCUT2D eigenvalue weighted by Gasteiger charge is 2.33. The van der Waals surface area contributed by atoms with Crippen LogP contribution < -0.4 is 4.72 Å². The van der Waals surface area contributed by atoms with Crippen molar-refractivity contribution in [1.29, 1.82) is 0 Å². The third-order valence-corrected chi connectivity index (χ3v) is 4.20. The molecule has 0 fully saturated rings. The highest BCUT2D eigenvalue weighted by molar-refractivity contribution is 7.90. The van der Waals surface area contributed by atoms with Gasteiger partial charge in [-0.3, -0.25) is 14.4 Å². The Hall–Kier alpha value is -1.68. The molecule has 2 unspecified atom stereocenters. The van der Waals surface area contributed by atoms with E-state index < -0.39 is 39.2 Å². The largest absolute Gasteiger partial charge is 0.480 e. The number of esters is 2. The van der Waals surface area contributed by atoms with Gasteiger partial charge >= 0.3 is 17.9 Å². The molecule has 20 heavy (non-hydrogen) atoms. The summed E-state index contributed by atoms with van der Waals surface area (Å²) in [7, 11) is -2.09. The number of carbonyl (C=O) groups is 3. The summed E-state index contributed by atoms with van der Waals surface area (Å²) in [6.07, 6.45) is -0.572. The van der Waals surface area contributed by atoms with Gasteiger partial charge in [0.2, 0.25) is 10.0 Å². The fourth-order valence-corrected chi connectivity index (χ4v) is 2.36. The van der Waals surface area contributed by atoms with Crippen molar-refractivity contribution in [2.75, 3.05) is 14.2 Å². The number of rotatable bonds is 8. The summed E-state index contributed by atoms with van der Waals surface area (Å²) in [6, 6.07) is -1.54. The number of carbonyl (C=O) groups excluding carboxylic acids is 2. The lowest BCUT2D eigenvalue weighted by molar-refractivity contribution is -0.143. The first-order chi connectivity index (χ1) is 9.15. The summed E-state index contributed by atoms with van der Waals surface area (Å²) in [5.74, 6) is -3.15. The van der Waals surface area contributed by atoms with Crippen LogP contribution in [0.25, 0.3) is 0 Å². The van der Waals surface area contributed by atoms with E-state index in [0.717, 1.165) is 21.1 Å². The summed E-state index contributed by atoms with van der Waals surface area (Å²) in [5.41, 5.74) is 0. The topological polar surface area (TPSA) is 136 Å². The zero-order chi connectivity index (χ0) is 15.9. The summed E-state index contributed by atoms with van der Waals surface area (Å²) in [6.45, 7) is 1.06. The summed E-state index contributed by atoms with van der Waals surface area (Å²) in [5, 5.41) is 7.34. The molecular weight excluding hydrogens is 294 g/mol. The molecule has 0 aromatic carbocycles. The van der Waals surface area contributed by atoms with E-state index in [2.05, 4.69) is 9.47 Å². The third kappa shape index (κ3) is 5.53. The molecule has 0 aromatic rings. The maximum absolute atomic E-state index is 11.8. The van der Waals surface area contributed by atoms with Gasteiger partial charge in [0.05, 0.1) is 14.2 Å². The van der Waals surface area contributed by atoms with Crippen LogP contribution in [0.4, 0.5) is 0 Å². The average Bonchev–Trinajstić information content (AvgIpc) is 2.40. The smallest absolute Gasteiger partial charge is 0.325 e. The molecule has 116 valence electrons. The number of ether oxygens (including phenoxy) is 2. The first-order valence-corrected chi connectivity index (χ1v) is 7.09. The SMILES string of the molecule is COC(=O)CCC(NS(=O)(=O)C(C)C(=O)OC)C(=O)O. The Kier molecular flexibility index (Phi) is 7.14. The van der Waals surface area contributed by atoms with Crippen molar-refractivity contribution in [3.8, 4) is 0 Å². The van der Waals surface area contributed by atoms with E-state index in [1.54, 1.807) is 0 Å². The molecule has 2 N–H and O–H groups in total. The second kappa shape index (κ2) is 7.80. The van der Waals surface area contributed by atoms with Gasteiger partial charge in [-0.15, -0.1) is 0 Å². The number of carboxylic acid groups (broad SMARTS) is 1. The molecule has 0 saturated carbocycles. The molecule has 0 aliphatic carbocycles. The number of hydrogen-bond donors (Lipinski definition) is 2. The Balaban J connectivity index is 4.86. The summed E-state index contributed by atoms with van der Waals surface area (Å²) < 4.78 is 34.0. The third-order valence-electron chi connectivity index (χ3n) is 2.47. The van der Waals surface area contributed by atoms with E-state index in [-0.39, 0.29) is 12.8 Å². The molecule has 0 bridgehead atoms. The Morgan fingerprint density at radius 3 is 2.15 bits per heavy atom. The molecule has 0 aromatic heterocycles. The fraction of sp³-hybridized carbons (Fsp3) is 0.700. The molecule has 0 heterocycles. The molecule has 0 spiro atoms. The lowest BCUT2D eigenvalue weighted by Gasteiger charge is -2.17. The molecule has 10 heteroatoms. The highest BCUT2D eigenvalue weighted by Crippen LogP contribution is 2.06. The quantitative estimate of drug-likeness (QED) is 0.538. The van der Waals surface area contributed by atoms with E-state index in [1.165, 1.54) is 0 Å². The van der Waals surface area contributed by atoms with Gasteiger partial charge in [-0.2, -0.15) is 0 Å². The zero-order valence-corrected chi connectivity index (χ0v) is 12.1. The fourth-order valence-electron chi connectivity index (χ4n) is 1.19. The van der Waals surface area contributed by atoms with Crippen LogP contribution in [0.2, 0.25) is 0 Å². The first kappa shape index (κ1) is 18.3. The molecule has 0 amide bonds. The van der Waals surface area contributed by atoms with Crippen molar-refractivity contribution in [2.24, 2.45) is 0 Å². The summed E-state index contributed by atoms with van der Waals surface area (Å²) >= 11 is 0. The molecule has 0 radical (unpaired) electrons. The van der Waals surface area contributed by atoms with Crippen LogP contribution >= 0.6 is 0 Å². The maximum Gasteiger partial charge on any atom is 0.325 e. The second-order valence-corrected chi connectivity index (χ2v) is 5.87. The average molecular weight is 311 g/mol. The number of nitrogens with one attached hydrogen (secondary N) is 1. The second-order valence-electron chi connectivity index (χ2n) is 3.83. The molecule has 2 atom stereocenters. The number of carboxylic acids is 1. The van der Waals surface area contributed by atoms with Gasteiger partial charge in [-0.05, 0) is 13.3 Å². The van der Waals surface area contributed by atoms with Crippen LogP contribution in [-0.4, -0.2) is 56.9 Å². The first-order valence-electron chi connectivity index (χ1n) is 5.54. The van der Waals surface area contributed by atoms with Crippen molar-refractivity contribution in [3.63, 3.8) is 0 Å².